The summed E-state index contributed by atoms with van der Waals surface area (Å²) in [6.45, 7) is 1.01. The molecule has 1 N–H and O–H groups in total. The van der Waals surface area contributed by atoms with E-state index in [1.54, 1.807) is 12.1 Å². The van der Waals surface area contributed by atoms with Gasteiger partial charge >= 0.3 is 5.97 Å². The van der Waals surface area contributed by atoms with Crippen LogP contribution in [0.15, 0.2) is 24.3 Å². The van der Waals surface area contributed by atoms with E-state index in [1.165, 1.54) is 19.1 Å². The average Bonchev–Trinajstić information content (AvgIpc) is 2.91. The molecule has 0 aliphatic carbocycles. The Morgan fingerprint density at radius 3 is 2.56 bits per heavy atom. The van der Waals surface area contributed by atoms with Crippen LogP contribution in [0.1, 0.15) is 23.7 Å². The van der Waals surface area contributed by atoms with Crippen LogP contribution in [0.25, 0.3) is 0 Å². The molecule has 1 amide bonds. The Morgan fingerprint density at radius 1 is 1.32 bits per heavy atom. The van der Waals surface area contributed by atoms with Crippen molar-refractivity contribution in [3.8, 4) is 5.75 Å². The van der Waals surface area contributed by atoms with Gasteiger partial charge in [-0.3, -0.25) is 9.59 Å². The van der Waals surface area contributed by atoms with Crippen LogP contribution >= 0.6 is 0 Å². The molecular formula is C16H19NO7S. The van der Waals surface area contributed by atoms with Crippen LogP contribution in [0.2, 0.25) is 0 Å². The minimum atomic E-state index is -3.10. The molecule has 1 heterocycles. The first-order valence-corrected chi connectivity index (χ1v) is 9.49. The van der Waals surface area contributed by atoms with E-state index in [2.05, 4.69) is 5.32 Å². The van der Waals surface area contributed by atoms with E-state index >= 15 is 0 Å². The van der Waals surface area contributed by atoms with Gasteiger partial charge < -0.3 is 14.8 Å². The number of carbonyl (C=O) groups excluding carboxylic acids is 3. The molecular weight excluding hydrogens is 350 g/mol. The molecule has 2 atom stereocenters. The van der Waals surface area contributed by atoms with Crippen molar-refractivity contribution >= 4 is 28.0 Å². The zero-order valence-corrected chi connectivity index (χ0v) is 14.5. The first-order chi connectivity index (χ1) is 11.8. The van der Waals surface area contributed by atoms with E-state index in [1.807, 2.05) is 0 Å². The Morgan fingerprint density at radius 2 is 2.00 bits per heavy atom. The lowest BCUT2D eigenvalue weighted by Gasteiger charge is -2.16. The Hall–Kier alpha value is -2.42. The van der Waals surface area contributed by atoms with Gasteiger partial charge in [-0.25, -0.2) is 13.2 Å². The number of sulfone groups is 1. The van der Waals surface area contributed by atoms with Gasteiger partial charge in [-0.05, 0) is 37.6 Å². The highest BCUT2D eigenvalue weighted by Gasteiger charge is 2.30. The lowest BCUT2D eigenvalue weighted by atomic mass is 10.2. The van der Waals surface area contributed by atoms with Gasteiger partial charge in [0.05, 0.1) is 11.5 Å². The molecule has 136 valence electrons. The maximum atomic E-state index is 11.9. The van der Waals surface area contributed by atoms with Crippen LogP contribution in [-0.2, 0) is 24.2 Å². The predicted octanol–water partition coefficient (Wildman–Crippen LogP) is 0.113. The number of benzene rings is 1. The van der Waals surface area contributed by atoms with Crippen molar-refractivity contribution in [2.75, 3.05) is 18.1 Å². The SMILES string of the molecule is C[C@@H](OC(=O)COc1ccc(C=O)cc1)C(=O)N[C@@H]1CCS(=O)(=O)C1. The zero-order chi connectivity index (χ0) is 18.4. The third kappa shape index (κ3) is 5.86. The number of carbonyl (C=O) groups is 3. The number of hydrogen-bond acceptors (Lipinski definition) is 7. The molecule has 0 radical (unpaired) electrons. The Bertz CT molecular complexity index is 742. The largest absolute Gasteiger partial charge is 0.482 e. The van der Waals surface area contributed by atoms with Gasteiger partial charge in [-0.15, -0.1) is 0 Å². The first kappa shape index (κ1) is 18.9. The fraction of sp³-hybridized carbons (Fsp3) is 0.438. The van der Waals surface area contributed by atoms with E-state index in [0.717, 1.165) is 0 Å². The highest BCUT2D eigenvalue weighted by molar-refractivity contribution is 7.91. The van der Waals surface area contributed by atoms with Crippen LogP contribution in [0, 0.1) is 0 Å². The van der Waals surface area contributed by atoms with Gasteiger partial charge in [-0.1, -0.05) is 0 Å². The summed E-state index contributed by atoms with van der Waals surface area (Å²) in [4.78, 5) is 34.2. The van der Waals surface area contributed by atoms with Gasteiger partial charge in [0.15, 0.2) is 22.5 Å². The summed E-state index contributed by atoms with van der Waals surface area (Å²) in [5.41, 5.74) is 0.481. The fourth-order valence-electron chi connectivity index (χ4n) is 2.30. The molecule has 8 nitrogen and oxygen atoms in total. The average molecular weight is 369 g/mol. The van der Waals surface area contributed by atoms with Crippen molar-refractivity contribution in [2.45, 2.75) is 25.5 Å². The summed E-state index contributed by atoms with van der Waals surface area (Å²) in [6, 6.07) is 5.70. The van der Waals surface area contributed by atoms with E-state index < -0.39 is 40.5 Å². The van der Waals surface area contributed by atoms with Crippen molar-refractivity contribution in [2.24, 2.45) is 0 Å². The maximum Gasteiger partial charge on any atom is 0.344 e. The van der Waals surface area contributed by atoms with Crippen LogP contribution in [0.3, 0.4) is 0 Å². The molecule has 1 aliphatic rings. The first-order valence-electron chi connectivity index (χ1n) is 7.67. The summed E-state index contributed by atoms with van der Waals surface area (Å²) in [5.74, 6) is -0.954. The summed E-state index contributed by atoms with van der Waals surface area (Å²) < 4.78 is 32.9. The molecule has 2 rings (SSSR count). The van der Waals surface area contributed by atoms with Gasteiger partial charge in [-0.2, -0.15) is 0 Å². The van der Waals surface area contributed by atoms with E-state index in [0.29, 0.717) is 24.0 Å². The summed E-state index contributed by atoms with van der Waals surface area (Å²) >= 11 is 0. The summed E-state index contributed by atoms with van der Waals surface area (Å²) in [7, 11) is -3.10. The quantitative estimate of drug-likeness (QED) is 0.536. The van der Waals surface area contributed by atoms with Crippen molar-refractivity contribution < 1.29 is 32.3 Å². The van der Waals surface area contributed by atoms with Crippen molar-refractivity contribution in [1.29, 1.82) is 0 Å². The standard InChI is InChI=1S/C16H19NO7S/c1-11(16(20)17-13-6-7-25(21,22)10-13)24-15(19)9-23-14-4-2-12(8-18)3-5-14/h2-5,8,11,13H,6-7,9-10H2,1H3,(H,17,20)/t11-,13-/m1/s1. The minimum absolute atomic E-state index is 0.0445. The van der Waals surface area contributed by atoms with Crippen LogP contribution in [0.5, 0.6) is 5.75 Å². The van der Waals surface area contributed by atoms with Crippen molar-refractivity contribution in [3.05, 3.63) is 29.8 Å². The highest BCUT2D eigenvalue weighted by atomic mass is 32.2. The van der Waals surface area contributed by atoms with Gasteiger partial charge in [0, 0.05) is 11.6 Å². The smallest absolute Gasteiger partial charge is 0.344 e. The third-order valence-corrected chi connectivity index (χ3v) is 5.40. The molecule has 0 unspecified atom stereocenters. The second-order valence-electron chi connectivity index (χ2n) is 5.72. The van der Waals surface area contributed by atoms with Crippen molar-refractivity contribution in [1.82, 2.24) is 5.32 Å². The van der Waals surface area contributed by atoms with Gasteiger partial charge in [0.1, 0.15) is 12.0 Å². The topological polar surface area (TPSA) is 116 Å². The zero-order valence-electron chi connectivity index (χ0n) is 13.6. The molecule has 1 saturated heterocycles. The van der Waals surface area contributed by atoms with Crippen LogP contribution in [0.4, 0.5) is 0 Å². The van der Waals surface area contributed by atoms with Gasteiger partial charge in [0.2, 0.25) is 0 Å². The molecule has 1 aliphatic heterocycles. The number of hydrogen-bond donors (Lipinski definition) is 1. The molecule has 1 aromatic rings. The van der Waals surface area contributed by atoms with Crippen LogP contribution in [-0.4, -0.2) is 56.8 Å². The lowest BCUT2D eigenvalue weighted by molar-refractivity contribution is -0.156. The number of rotatable bonds is 7. The maximum absolute atomic E-state index is 11.9. The number of esters is 1. The van der Waals surface area contributed by atoms with E-state index in [4.69, 9.17) is 9.47 Å². The van der Waals surface area contributed by atoms with E-state index in [9.17, 15) is 22.8 Å². The molecule has 0 saturated carbocycles. The second kappa shape index (κ2) is 8.11. The summed E-state index contributed by atoms with van der Waals surface area (Å²) in [5, 5.41) is 2.56. The van der Waals surface area contributed by atoms with Crippen molar-refractivity contribution in [3.63, 3.8) is 0 Å². The number of nitrogens with one attached hydrogen (secondary N) is 1. The molecule has 1 fully saturated rings. The normalized spacial score (nSPS) is 19.6. The summed E-state index contributed by atoms with van der Waals surface area (Å²) in [6.07, 6.45) is -0.0143. The Labute approximate surface area is 145 Å². The number of aldehydes is 1. The number of amides is 1. The molecule has 0 bridgehead atoms. The van der Waals surface area contributed by atoms with Crippen LogP contribution < -0.4 is 10.1 Å². The highest BCUT2D eigenvalue weighted by Crippen LogP contribution is 2.12. The monoisotopic (exact) mass is 369 g/mol. The Kier molecular flexibility index (Phi) is 6.13. The number of ether oxygens (including phenoxy) is 2. The second-order valence-corrected chi connectivity index (χ2v) is 7.94. The third-order valence-electron chi connectivity index (χ3n) is 3.63. The molecule has 9 heteroatoms. The van der Waals surface area contributed by atoms with Gasteiger partial charge in [0.25, 0.3) is 5.91 Å². The minimum Gasteiger partial charge on any atom is -0.482 e. The predicted molar refractivity (Wildman–Crippen MR) is 88.1 cm³/mol. The Balaban J connectivity index is 1.75. The molecule has 0 aromatic heterocycles. The molecule has 0 spiro atoms. The molecule has 1 aromatic carbocycles. The lowest BCUT2D eigenvalue weighted by Crippen LogP contribution is -2.43. The molecule has 25 heavy (non-hydrogen) atoms. The fourth-order valence-corrected chi connectivity index (χ4v) is 3.97. The van der Waals surface area contributed by atoms with E-state index in [-0.39, 0.29) is 11.5 Å².